The van der Waals surface area contributed by atoms with Crippen LogP contribution in [-0.2, 0) is 14.9 Å². The first-order valence-corrected chi connectivity index (χ1v) is 11.1. The summed E-state index contributed by atoms with van der Waals surface area (Å²) in [6, 6.07) is 3.51. The van der Waals surface area contributed by atoms with Gasteiger partial charge < -0.3 is 14.5 Å². The number of carbonyl (C=O) groups is 2. The molecule has 0 aromatic heterocycles. The van der Waals surface area contributed by atoms with Crippen LogP contribution in [0.15, 0.2) is 12.1 Å². The van der Waals surface area contributed by atoms with Crippen molar-refractivity contribution < 1.29 is 14.3 Å². The van der Waals surface area contributed by atoms with E-state index in [0.29, 0.717) is 36.2 Å². The Kier molecular flexibility index (Phi) is 6.34. The highest BCUT2D eigenvalue weighted by Gasteiger charge is 2.41. The molecule has 1 aromatic rings. The Morgan fingerprint density at radius 2 is 1.87 bits per heavy atom. The summed E-state index contributed by atoms with van der Waals surface area (Å²) in [5.41, 5.74) is 0.991. The van der Waals surface area contributed by atoms with E-state index >= 15 is 0 Å². The van der Waals surface area contributed by atoms with E-state index in [4.69, 9.17) is 27.9 Å². The normalized spacial score (nSPS) is 21.5. The summed E-state index contributed by atoms with van der Waals surface area (Å²) in [6.45, 7) is 14.3. The third-order valence-corrected chi connectivity index (χ3v) is 6.07. The van der Waals surface area contributed by atoms with Crippen LogP contribution >= 0.6 is 23.2 Å². The fourth-order valence-electron chi connectivity index (χ4n) is 4.27. The Balaban J connectivity index is 1.67. The van der Waals surface area contributed by atoms with Crippen molar-refractivity contribution in [1.29, 1.82) is 0 Å². The van der Waals surface area contributed by atoms with Gasteiger partial charge in [0.15, 0.2) is 0 Å². The highest BCUT2D eigenvalue weighted by atomic mass is 35.5. The maximum absolute atomic E-state index is 13.2. The predicted octanol–water partition coefficient (Wildman–Crippen LogP) is 4.56. The first-order valence-electron chi connectivity index (χ1n) is 10.3. The fourth-order valence-corrected chi connectivity index (χ4v) is 5.01. The molecule has 0 spiro atoms. The number of fused-ring (bicyclic) bond motifs is 1. The molecule has 0 bridgehead atoms. The van der Waals surface area contributed by atoms with Crippen molar-refractivity contribution in [3.05, 3.63) is 27.7 Å². The van der Waals surface area contributed by atoms with Crippen LogP contribution in [-0.4, -0.2) is 66.2 Å². The Labute approximate surface area is 189 Å². The topological polar surface area (TPSA) is 53.1 Å². The van der Waals surface area contributed by atoms with Crippen LogP contribution in [0.5, 0.6) is 0 Å². The molecule has 2 amide bonds. The molecule has 0 saturated carbocycles. The van der Waals surface area contributed by atoms with E-state index in [1.807, 2.05) is 33.8 Å². The zero-order valence-electron chi connectivity index (χ0n) is 18.6. The molecule has 1 atom stereocenters. The number of piperazine rings is 1. The lowest BCUT2D eigenvalue weighted by Gasteiger charge is -2.40. The molecular weight excluding hydrogens is 425 g/mol. The van der Waals surface area contributed by atoms with E-state index in [2.05, 4.69) is 18.7 Å². The van der Waals surface area contributed by atoms with Crippen molar-refractivity contribution in [3.63, 3.8) is 0 Å². The molecule has 0 radical (unpaired) electrons. The van der Waals surface area contributed by atoms with Crippen LogP contribution < -0.4 is 4.90 Å². The summed E-state index contributed by atoms with van der Waals surface area (Å²) in [4.78, 5) is 31.2. The minimum atomic E-state index is -0.525. The highest BCUT2D eigenvalue weighted by molar-refractivity contribution is 6.36. The van der Waals surface area contributed by atoms with Crippen LogP contribution in [0.2, 0.25) is 10.0 Å². The van der Waals surface area contributed by atoms with Crippen molar-refractivity contribution in [1.82, 2.24) is 9.80 Å². The number of halogens is 2. The Bertz CT molecular complexity index is 851. The zero-order chi connectivity index (χ0) is 22.4. The molecule has 8 heteroatoms. The minimum Gasteiger partial charge on any atom is -0.444 e. The summed E-state index contributed by atoms with van der Waals surface area (Å²) in [7, 11) is 0. The number of carbonyl (C=O) groups excluding carboxylic acids is 2. The molecule has 2 heterocycles. The lowest BCUT2D eigenvalue weighted by atomic mass is 9.87. The van der Waals surface area contributed by atoms with Crippen molar-refractivity contribution in [2.45, 2.75) is 58.6 Å². The van der Waals surface area contributed by atoms with Gasteiger partial charge in [0.2, 0.25) is 5.91 Å². The number of hydrogen-bond donors (Lipinski definition) is 0. The number of nitrogens with zero attached hydrogens (tertiary/aromatic N) is 3. The molecule has 2 aliphatic rings. The lowest BCUT2D eigenvalue weighted by Crippen LogP contribution is -2.56. The highest BCUT2D eigenvalue weighted by Crippen LogP contribution is 2.46. The number of anilines is 1. The third-order valence-electron chi connectivity index (χ3n) is 5.55. The smallest absolute Gasteiger partial charge is 0.410 e. The average Bonchev–Trinajstić information content (AvgIpc) is 2.84. The SMILES string of the molecule is CC1CN(CC(=O)N2CC(C)(C)c3c(Cl)cc(Cl)cc32)CCN1C(=O)OC(C)(C)C. The van der Waals surface area contributed by atoms with Gasteiger partial charge in [-0.2, -0.15) is 0 Å². The number of rotatable bonds is 2. The monoisotopic (exact) mass is 455 g/mol. The van der Waals surface area contributed by atoms with Gasteiger partial charge >= 0.3 is 6.09 Å². The average molecular weight is 456 g/mol. The molecule has 1 saturated heterocycles. The van der Waals surface area contributed by atoms with Crippen LogP contribution in [0.3, 0.4) is 0 Å². The van der Waals surface area contributed by atoms with Crippen molar-refractivity contribution in [3.8, 4) is 0 Å². The summed E-state index contributed by atoms with van der Waals surface area (Å²) < 4.78 is 5.50. The minimum absolute atomic E-state index is 0.0121. The van der Waals surface area contributed by atoms with Crippen molar-refractivity contribution >= 4 is 40.9 Å². The van der Waals surface area contributed by atoms with Crippen LogP contribution in [0.25, 0.3) is 0 Å². The lowest BCUT2D eigenvalue weighted by molar-refractivity contribution is -0.120. The van der Waals surface area contributed by atoms with Gasteiger partial charge in [-0.05, 0) is 39.8 Å². The van der Waals surface area contributed by atoms with E-state index < -0.39 is 5.60 Å². The second kappa shape index (κ2) is 8.21. The van der Waals surface area contributed by atoms with Gasteiger partial charge in [0.05, 0.1) is 12.2 Å². The van der Waals surface area contributed by atoms with Crippen LogP contribution in [0.4, 0.5) is 10.5 Å². The van der Waals surface area contributed by atoms with Gasteiger partial charge in [0.1, 0.15) is 5.60 Å². The second-order valence-corrected chi connectivity index (χ2v) is 10.7. The first kappa shape index (κ1) is 23.2. The van der Waals surface area contributed by atoms with Gasteiger partial charge in [-0.15, -0.1) is 0 Å². The van der Waals surface area contributed by atoms with E-state index in [9.17, 15) is 9.59 Å². The van der Waals surface area contributed by atoms with Gasteiger partial charge in [-0.25, -0.2) is 4.79 Å². The number of hydrogen-bond acceptors (Lipinski definition) is 4. The maximum atomic E-state index is 13.2. The summed E-state index contributed by atoms with van der Waals surface area (Å²) in [5.74, 6) is 0.0121. The summed E-state index contributed by atoms with van der Waals surface area (Å²) >= 11 is 12.7. The van der Waals surface area contributed by atoms with E-state index in [1.165, 1.54) is 0 Å². The summed E-state index contributed by atoms with van der Waals surface area (Å²) in [6.07, 6.45) is -0.305. The standard InChI is InChI=1S/C22H31Cl2N3O3/c1-14-11-25(7-8-26(14)20(29)30-21(2,3)4)12-18(28)27-13-22(5,6)19-16(24)9-15(23)10-17(19)27/h9-10,14H,7-8,11-13H2,1-6H3. The van der Waals surface area contributed by atoms with Crippen molar-refractivity contribution in [2.24, 2.45) is 0 Å². The Hall–Kier alpha value is -1.50. The molecule has 30 heavy (non-hydrogen) atoms. The van der Waals surface area contributed by atoms with Gasteiger partial charge in [0.25, 0.3) is 0 Å². The molecule has 0 N–H and O–H groups in total. The summed E-state index contributed by atoms with van der Waals surface area (Å²) in [5, 5.41) is 1.12. The van der Waals surface area contributed by atoms with Crippen molar-refractivity contribution in [2.75, 3.05) is 37.6 Å². The molecule has 1 aromatic carbocycles. The fraction of sp³-hybridized carbons (Fsp3) is 0.636. The van der Waals surface area contributed by atoms with Crippen LogP contribution in [0.1, 0.15) is 47.1 Å². The molecule has 166 valence electrons. The number of amides is 2. The molecule has 6 nitrogen and oxygen atoms in total. The maximum Gasteiger partial charge on any atom is 0.410 e. The molecule has 2 aliphatic heterocycles. The predicted molar refractivity (Wildman–Crippen MR) is 121 cm³/mol. The first-order chi connectivity index (χ1) is 13.8. The third kappa shape index (κ3) is 4.87. The number of benzene rings is 1. The molecule has 1 fully saturated rings. The Morgan fingerprint density at radius 3 is 2.47 bits per heavy atom. The van der Waals surface area contributed by atoms with E-state index in [-0.39, 0.29) is 30.0 Å². The molecule has 3 rings (SSSR count). The number of ether oxygens (including phenoxy) is 1. The molecule has 0 aliphatic carbocycles. The Morgan fingerprint density at radius 1 is 1.20 bits per heavy atom. The van der Waals surface area contributed by atoms with Gasteiger partial charge in [0, 0.05) is 53.2 Å². The zero-order valence-corrected chi connectivity index (χ0v) is 20.1. The van der Waals surface area contributed by atoms with Gasteiger partial charge in [-0.1, -0.05) is 37.0 Å². The molecular formula is C22H31Cl2N3O3. The van der Waals surface area contributed by atoms with E-state index in [0.717, 1.165) is 11.3 Å². The molecule has 1 unspecified atom stereocenters. The van der Waals surface area contributed by atoms with Gasteiger partial charge in [-0.3, -0.25) is 9.69 Å². The van der Waals surface area contributed by atoms with E-state index in [1.54, 1.807) is 15.9 Å². The van der Waals surface area contributed by atoms with Crippen LogP contribution in [0, 0.1) is 0 Å². The second-order valence-electron chi connectivity index (χ2n) is 9.90. The quantitative estimate of drug-likeness (QED) is 0.655. The largest absolute Gasteiger partial charge is 0.444 e.